The van der Waals surface area contributed by atoms with Gasteiger partial charge in [0.15, 0.2) is 5.78 Å². The third-order valence-electron chi connectivity index (χ3n) is 1.59. The van der Waals surface area contributed by atoms with Gasteiger partial charge in [0.05, 0.1) is 6.42 Å². The summed E-state index contributed by atoms with van der Waals surface area (Å²) in [5.41, 5.74) is 0.431. The number of carbonyl (C=O) groups is 2. The van der Waals surface area contributed by atoms with E-state index in [0.29, 0.717) is 10.0 Å². The largest absolute Gasteiger partial charge is 0.481 e. The van der Waals surface area contributed by atoms with Gasteiger partial charge in [0.1, 0.15) is 0 Å². The molecule has 14 heavy (non-hydrogen) atoms. The highest BCUT2D eigenvalue weighted by molar-refractivity contribution is 9.10. The molecule has 4 nitrogen and oxygen atoms in total. The molecule has 1 aromatic heterocycles. The minimum absolute atomic E-state index is 0.00741. The van der Waals surface area contributed by atoms with Gasteiger partial charge < -0.3 is 5.11 Å². The molecule has 0 aliphatic carbocycles. The van der Waals surface area contributed by atoms with E-state index in [1.807, 2.05) is 0 Å². The zero-order chi connectivity index (χ0) is 10.6. The van der Waals surface area contributed by atoms with Gasteiger partial charge in [-0.2, -0.15) is 0 Å². The van der Waals surface area contributed by atoms with E-state index in [1.165, 1.54) is 6.20 Å². The molecule has 1 heterocycles. The molecule has 0 aromatic carbocycles. The van der Waals surface area contributed by atoms with E-state index in [2.05, 4.69) is 20.9 Å². The molecule has 0 saturated heterocycles. The Morgan fingerprint density at radius 3 is 2.64 bits per heavy atom. The first-order valence-corrected chi connectivity index (χ1v) is 4.74. The van der Waals surface area contributed by atoms with Crippen LogP contribution in [0.3, 0.4) is 0 Å². The van der Waals surface area contributed by atoms with Gasteiger partial charge in [0.2, 0.25) is 0 Å². The van der Waals surface area contributed by atoms with Crippen molar-refractivity contribution in [1.29, 1.82) is 0 Å². The van der Waals surface area contributed by atoms with Crippen molar-refractivity contribution in [3.8, 4) is 0 Å². The lowest BCUT2D eigenvalue weighted by atomic mass is 10.1. The molecule has 1 rings (SSSR count). The van der Waals surface area contributed by atoms with Crippen molar-refractivity contribution in [2.45, 2.75) is 12.8 Å². The van der Waals surface area contributed by atoms with Crippen LogP contribution in [0.1, 0.15) is 23.2 Å². The molecule has 0 radical (unpaired) electrons. The van der Waals surface area contributed by atoms with Crippen molar-refractivity contribution in [2.75, 3.05) is 0 Å². The molecular formula is C9H8BrNO3. The predicted molar refractivity (Wildman–Crippen MR) is 53.1 cm³/mol. The number of pyridine rings is 1. The summed E-state index contributed by atoms with van der Waals surface area (Å²) >= 11 is 3.18. The van der Waals surface area contributed by atoms with Crippen LogP contribution in [0.4, 0.5) is 0 Å². The number of rotatable bonds is 4. The van der Waals surface area contributed by atoms with Crippen molar-refractivity contribution >= 4 is 27.7 Å². The SMILES string of the molecule is O=C(O)CCC(=O)c1cncc(Br)c1. The highest BCUT2D eigenvalue weighted by Gasteiger charge is 2.08. The van der Waals surface area contributed by atoms with E-state index < -0.39 is 5.97 Å². The Kier molecular flexibility index (Phi) is 3.76. The average Bonchev–Trinajstić information content (AvgIpc) is 2.14. The number of hydrogen-bond acceptors (Lipinski definition) is 3. The normalized spacial score (nSPS) is 9.79. The second kappa shape index (κ2) is 4.85. The van der Waals surface area contributed by atoms with Gasteiger partial charge in [0, 0.05) is 28.9 Å². The molecule has 0 fully saturated rings. The monoisotopic (exact) mass is 257 g/mol. The molecule has 74 valence electrons. The number of halogens is 1. The molecule has 0 saturated carbocycles. The number of ketones is 1. The van der Waals surface area contributed by atoms with Crippen molar-refractivity contribution < 1.29 is 14.7 Å². The summed E-state index contributed by atoms with van der Waals surface area (Å²) in [6.45, 7) is 0. The van der Waals surface area contributed by atoms with Gasteiger partial charge in [-0.15, -0.1) is 0 Å². The van der Waals surface area contributed by atoms with Crippen molar-refractivity contribution in [1.82, 2.24) is 4.98 Å². The Hall–Kier alpha value is -1.23. The quantitative estimate of drug-likeness (QED) is 0.837. The highest BCUT2D eigenvalue weighted by Crippen LogP contribution is 2.11. The summed E-state index contributed by atoms with van der Waals surface area (Å²) in [6, 6.07) is 1.62. The summed E-state index contributed by atoms with van der Waals surface area (Å²) in [6.07, 6.45) is 2.85. The van der Waals surface area contributed by atoms with E-state index in [9.17, 15) is 9.59 Å². The third kappa shape index (κ3) is 3.26. The second-order valence-electron chi connectivity index (χ2n) is 2.71. The van der Waals surface area contributed by atoms with Crippen LogP contribution in [0.15, 0.2) is 22.9 Å². The van der Waals surface area contributed by atoms with Crippen LogP contribution in [0, 0.1) is 0 Å². The predicted octanol–water partition coefficient (Wildman–Crippen LogP) is 1.89. The number of Topliss-reactive ketones (excluding diaryl/α,β-unsaturated/α-hetero) is 1. The Morgan fingerprint density at radius 2 is 2.07 bits per heavy atom. The smallest absolute Gasteiger partial charge is 0.303 e. The van der Waals surface area contributed by atoms with Crippen LogP contribution in [0.25, 0.3) is 0 Å². The number of carboxylic acid groups (broad SMARTS) is 1. The first-order valence-electron chi connectivity index (χ1n) is 3.95. The van der Waals surface area contributed by atoms with Crippen molar-refractivity contribution in [2.24, 2.45) is 0 Å². The molecular weight excluding hydrogens is 250 g/mol. The molecule has 0 atom stereocenters. The number of nitrogens with zero attached hydrogens (tertiary/aromatic N) is 1. The number of hydrogen-bond donors (Lipinski definition) is 1. The van der Waals surface area contributed by atoms with E-state index in [0.717, 1.165) is 0 Å². The van der Waals surface area contributed by atoms with Crippen LogP contribution in [-0.2, 0) is 4.79 Å². The lowest BCUT2D eigenvalue weighted by Gasteiger charge is -1.98. The average molecular weight is 258 g/mol. The number of carbonyl (C=O) groups excluding carboxylic acids is 1. The van der Waals surface area contributed by atoms with Gasteiger partial charge in [0.25, 0.3) is 0 Å². The maximum atomic E-state index is 11.4. The second-order valence-corrected chi connectivity index (χ2v) is 3.62. The lowest BCUT2D eigenvalue weighted by Crippen LogP contribution is -2.04. The summed E-state index contributed by atoms with van der Waals surface area (Å²) in [7, 11) is 0. The molecule has 0 spiro atoms. The summed E-state index contributed by atoms with van der Waals surface area (Å²) in [5, 5.41) is 8.39. The Balaban J connectivity index is 2.65. The molecule has 0 amide bonds. The van der Waals surface area contributed by atoms with Crippen LogP contribution >= 0.6 is 15.9 Å². The molecule has 1 aromatic rings. The Morgan fingerprint density at radius 1 is 1.36 bits per heavy atom. The molecule has 0 aliphatic heterocycles. The van der Waals surface area contributed by atoms with E-state index >= 15 is 0 Å². The molecule has 5 heteroatoms. The first kappa shape index (κ1) is 10.8. The molecule has 1 N–H and O–H groups in total. The standard InChI is InChI=1S/C9H8BrNO3/c10-7-3-6(4-11-5-7)8(12)1-2-9(13)14/h3-5H,1-2H2,(H,13,14). The van der Waals surface area contributed by atoms with Crippen LogP contribution in [-0.4, -0.2) is 21.8 Å². The van der Waals surface area contributed by atoms with Crippen molar-refractivity contribution in [3.63, 3.8) is 0 Å². The zero-order valence-electron chi connectivity index (χ0n) is 7.24. The fourth-order valence-electron chi connectivity index (χ4n) is 0.929. The Labute approximate surface area is 89.1 Å². The van der Waals surface area contributed by atoms with Crippen LogP contribution in [0.2, 0.25) is 0 Å². The summed E-state index contributed by atoms with van der Waals surface area (Å²) in [4.78, 5) is 25.4. The maximum absolute atomic E-state index is 11.4. The maximum Gasteiger partial charge on any atom is 0.303 e. The molecule has 0 aliphatic rings. The zero-order valence-corrected chi connectivity index (χ0v) is 8.82. The van der Waals surface area contributed by atoms with Gasteiger partial charge >= 0.3 is 5.97 Å². The van der Waals surface area contributed by atoms with Gasteiger partial charge in [-0.1, -0.05) is 0 Å². The van der Waals surface area contributed by atoms with Gasteiger partial charge in [-0.3, -0.25) is 14.6 Å². The van der Waals surface area contributed by atoms with E-state index in [4.69, 9.17) is 5.11 Å². The van der Waals surface area contributed by atoms with Gasteiger partial charge in [-0.05, 0) is 22.0 Å². The molecule has 0 bridgehead atoms. The fraction of sp³-hybridized carbons (Fsp3) is 0.222. The van der Waals surface area contributed by atoms with Gasteiger partial charge in [-0.25, -0.2) is 0 Å². The lowest BCUT2D eigenvalue weighted by molar-refractivity contribution is -0.136. The minimum Gasteiger partial charge on any atom is -0.481 e. The van der Waals surface area contributed by atoms with Crippen molar-refractivity contribution in [3.05, 3.63) is 28.5 Å². The summed E-state index contributed by atoms with van der Waals surface area (Å²) < 4.78 is 0.707. The highest BCUT2D eigenvalue weighted by atomic mass is 79.9. The third-order valence-corrected chi connectivity index (χ3v) is 2.03. The Bertz CT molecular complexity index is 365. The molecule has 0 unspecified atom stereocenters. The number of aromatic nitrogens is 1. The number of carboxylic acids is 1. The van der Waals surface area contributed by atoms with Crippen LogP contribution in [0.5, 0.6) is 0 Å². The van der Waals surface area contributed by atoms with E-state index in [-0.39, 0.29) is 18.6 Å². The fourth-order valence-corrected chi connectivity index (χ4v) is 1.29. The summed E-state index contributed by atoms with van der Waals surface area (Å²) in [5.74, 6) is -1.18. The minimum atomic E-state index is -0.971. The van der Waals surface area contributed by atoms with Crippen LogP contribution < -0.4 is 0 Å². The van der Waals surface area contributed by atoms with E-state index in [1.54, 1.807) is 12.3 Å². The number of aliphatic carboxylic acids is 1. The first-order chi connectivity index (χ1) is 6.59. The topological polar surface area (TPSA) is 67.3 Å².